The highest BCUT2D eigenvalue weighted by Gasteiger charge is 2.28. The fourth-order valence-electron chi connectivity index (χ4n) is 1.59. The smallest absolute Gasteiger partial charge is 0.163 e. The summed E-state index contributed by atoms with van der Waals surface area (Å²) in [5.41, 5.74) is 1.22. The maximum Gasteiger partial charge on any atom is 0.163 e. The second-order valence-electron chi connectivity index (χ2n) is 7.40. The van der Waals surface area contributed by atoms with Crippen LogP contribution in [0, 0.1) is 10.8 Å². The first-order chi connectivity index (χ1) is 8.50. The molecule has 0 aromatic heterocycles. The molecule has 1 rings (SSSR count). The average molecular weight is 262 g/mol. The van der Waals surface area contributed by atoms with Crippen LogP contribution in [0.2, 0.25) is 0 Å². The lowest BCUT2D eigenvalue weighted by atomic mass is 9.87. The second kappa shape index (κ2) is 5.36. The normalized spacial score (nSPS) is 16.3. The van der Waals surface area contributed by atoms with Crippen molar-refractivity contribution < 1.29 is 9.31 Å². The third kappa shape index (κ3) is 4.70. The summed E-state index contributed by atoms with van der Waals surface area (Å²) in [5, 5.41) is 0. The van der Waals surface area contributed by atoms with Gasteiger partial charge in [-0.2, -0.15) is 0 Å². The van der Waals surface area contributed by atoms with Crippen LogP contribution >= 0.6 is 0 Å². The average Bonchev–Trinajstić information content (AvgIpc) is 2.23. The lowest BCUT2D eigenvalue weighted by Crippen LogP contribution is -2.21. The van der Waals surface area contributed by atoms with Gasteiger partial charge in [0.2, 0.25) is 0 Å². The molecule has 0 bridgehead atoms. The van der Waals surface area contributed by atoms with E-state index in [1.54, 1.807) is 0 Å². The van der Waals surface area contributed by atoms with Crippen LogP contribution in [0.1, 0.15) is 41.5 Å². The van der Waals surface area contributed by atoms with E-state index in [0.29, 0.717) is 0 Å². The number of rotatable bonds is 1. The van der Waals surface area contributed by atoms with Crippen LogP contribution < -0.4 is 0 Å². The van der Waals surface area contributed by atoms with Crippen LogP contribution in [-0.4, -0.2) is 24.9 Å². The van der Waals surface area contributed by atoms with Crippen LogP contribution in [-0.2, 0) is 4.74 Å². The SMILES string of the molecule is C[N+](C)=CC=C1C=C(C(C)(C)C)OC(C(C)(C)C)=C1. The van der Waals surface area contributed by atoms with E-state index >= 15 is 0 Å². The molecule has 0 spiro atoms. The molecule has 0 radical (unpaired) electrons. The van der Waals surface area contributed by atoms with Gasteiger partial charge in [-0.15, -0.1) is 0 Å². The molecular formula is C17H28NO+. The summed E-state index contributed by atoms with van der Waals surface area (Å²) in [6.45, 7) is 13.1. The van der Waals surface area contributed by atoms with E-state index in [1.165, 1.54) is 5.57 Å². The van der Waals surface area contributed by atoms with E-state index in [0.717, 1.165) is 11.5 Å². The van der Waals surface area contributed by atoms with Crippen molar-refractivity contribution in [1.29, 1.82) is 0 Å². The summed E-state index contributed by atoms with van der Waals surface area (Å²) in [6, 6.07) is 0. The highest BCUT2D eigenvalue weighted by molar-refractivity contribution is 5.70. The van der Waals surface area contributed by atoms with Crippen molar-refractivity contribution in [3.05, 3.63) is 35.3 Å². The predicted molar refractivity (Wildman–Crippen MR) is 82.4 cm³/mol. The van der Waals surface area contributed by atoms with E-state index in [4.69, 9.17) is 4.74 Å². The fourth-order valence-corrected chi connectivity index (χ4v) is 1.59. The van der Waals surface area contributed by atoms with E-state index in [1.807, 2.05) is 18.7 Å². The maximum absolute atomic E-state index is 6.11. The predicted octanol–water partition coefficient (Wildman–Crippen LogP) is 4.15. The van der Waals surface area contributed by atoms with E-state index in [9.17, 15) is 0 Å². The Morgan fingerprint density at radius 3 is 1.63 bits per heavy atom. The highest BCUT2D eigenvalue weighted by atomic mass is 16.5. The molecule has 2 nitrogen and oxygen atoms in total. The molecular weight excluding hydrogens is 234 g/mol. The summed E-state index contributed by atoms with van der Waals surface area (Å²) in [4.78, 5) is 0. The Balaban J connectivity index is 3.22. The van der Waals surface area contributed by atoms with Gasteiger partial charge in [0.25, 0.3) is 0 Å². The van der Waals surface area contributed by atoms with Gasteiger partial charge in [-0.1, -0.05) is 41.5 Å². The molecule has 0 saturated carbocycles. The Labute approximate surface area is 118 Å². The fraction of sp³-hybridized carbons (Fsp3) is 0.588. The molecule has 19 heavy (non-hydrogen) atoms. The van der Waals surface area contributed by atoms with E-state index in [2.05, 4.69) is 66.0 Å². The quantitative estimate of drug-likeness (QED) is 0.511. The summed E-state index contributed by atoms with van der Waals surface area (Å²) >= 11 is 0. The van der Waals surface area contributed by atoms with Crippen molar-refractivity contribution in [2.24, 2.45) is 10.8 Å². The Kier molecular flexibility index (Phi) is 4.44. The molecule has 0 atom stereocenters. The van der Waals surface area contributed by atoms with Gasteiger partial charge in [0.05, 0.1) is 0 Å². The maximum atomic E-state index is 6.11. The van der Waals surface area contributed by atoms with Crippen LogP contribution in [0.15, 0.2) is 35.3 Å². The standard InChI is InChI=1S/C17H28NO/c1-16(2,3)14-11-13(9-10-18(7)8)12-15(19-14)17(4,5)6/h9-12H,1-8H3/q+1. The largest absolute Gasteiger partial charge is 0.465 e. The monoisotopic (exact) mass is 262 g/mol. The third-order valence-electron chi connectivity index (χ3n) is 2.86. The molecule has 0 aromatic carbocycles. The van der Waals surface area contributed by atoms with Gasteiger partial charge in [-0.3, -0.25) is 0 Å². The highest BCUT2D eigenvalue weighted by Crippen LogP contribution is 2.38. The Hall–Kier alpha value is -1.31. The third-order valence-corrected chi connectivity index (χ3v) is 2.86. The van der Waals surface area contributed by atoms with Crippen molar-refractivity contribution in [3.8, 4) is 0 Å². The molecule has 106 valence electrons. The Bertz CT molecular complexity index is 426. The zero-order valence-corrected chi connectivity index (χ0v) is 13.7. The van der Waals surface area contributed by atoms with Crippen LogP contribution in [0.3, 0.4) is 0 Å². The van der Waals surface area contributed by atoms with Crippen LogP contribution in [0.5, 0.6) is 0 Å². The first-order valence-corrected chi connectivity index (χ1v) is 6.84. The van der Waals surface area contributed by atoms with Gasteiger partial charge >= 0.3 is 0 Å². The van der Waals surface area contributed by atoms with Crippen LogP contribution in [0.4, 0.5) is 0 Å². The summed E-state index contributed by atoms with van der Waals surface area (Å²) in [6.07, 6.45) is 8.46. The molecule has 1 heterocycles. The molecule has 0 aliphatic carbocycles. The zero-order valence-electron chi connectivity index (χ0n) is 13.7. The Morgan fingerprint density at radius 2 is 1.32 bits per heavy atom. The minimum Gasteiger partial charge on any atom is -0.465 e. The molecule has 1 aliphatic heterocycles. The number of nitrogens with zero attached hydrogens (tertiary/aromatic N) is 1. The second-order valence-corrected chi connectivity index (χ2v) is 7.40. The molecule has 0 unspecified atom stereocenters. The summed E-state index contributed by atoms with van der Waals surface area (Å²) in [7, 11) is 4.05. The van der Waals surface area contributed by atoms with E-state index < -0.39 is 0 Å². The van der Waals surface area contributed by atoms with Crippen molar-refractivity contribution in [1.82, 2.24) is 0 Å². The number of hydrogen-bond acceptors (Lipinski definition) is 1. The van der Waals surface area contributed by atoms with Crippen LogP contribution in [0.25, 0.3) is 0 Å². The lowest BCUT2D eigenvalue weighted by molar-refractivity contribution is -0.458. The molecule has 1 aliphatic rings. The molecule has 2 heteroatoms. The molecule has 0 amide bonds. The molecule has 0 aromatic rings. The van der Waals surface area contributed by atoms with Gasteiger partial charge in [-0.25, -0.2) is 4.58 Å². The topological polar surface area (TPSA) is 12.2 Å². The van der Waals surface area contributed by atoms with Gasteiger partial charge < -0.3 is 4.74 Å². The molecule has 0 saturated heterocycles. The van der Waals surface area contributed by atoms with Crippen molar-refractivity contribution in [3.63, 3.8) is 0 Å². The van der Waals surface area contributed by atoms with Gasteiger partial charge in [0.15, 0.2) is 6.21 Å². The summed E-state index contributed by atoms with van der Waals surface area (Å²) < 4.78 is 8.15. The van der Waals surface area contributed by atoms with Gasteiger partial charge in [0.1, 0.15) is 25.6 Å². The lowest BCUT2D eigenvalue weighted by Gasteiger charge is -2.32. The zero-order chi connectivity index (χ0) is 14.8. The Morgan fingerprint density at radius 1 is 0.895 bits per heavy atom. The number of allylic oxidation sites excluding steroid dienone is 6. The van der Waals surface area contributed by atoms with E-state index in [-0.39, 0.29) is 10.8 Å². The molecule has 0 fully saturated rings. The van der Waals surface area contributed by atoms with Crippen molar-refractivity contribution in [2.45, 2.75) is 41.5 Å². The van der Waals surface area contributed by atoms with Crippen molar-refractivity contribution >= 4 is 6.21 Å². The minimum atomic E-state index is 0.0158. The van der Waals surface area contributed by atoms with Gasteiger partial charge in [0, 0.05) is 16.9 Å². The number of hydrogen-bond donors (Lipinski definition) is 0. The summed E-state index contributed by atoms with van der Waals surface area (Å²) in [5.74, 6) is 2.05. The van der Waals surface area contributed by atoms with Crippen molar-refractivity contribution in [2.75, 3.05) is 14.1 Å². The van der Waals surface area contributed by atoms with Gasteiger partial charge in [-0.05, 0) is 17.7 Å². The first-order valence-electron chi connectivity index (χ1n) is 6.84. The molecule has 0 N–H and O–H groups in total. The minimum absolute atomic E-state index is 0.0158. The first kappa shape index (κ1) is 15.7. The number of ether oxygens (including phenoxy) is 1.